The molecular formula is C17H17N3. The van der Waals surface area contributed by atoms with E-state index in [1.165, 1.54) is 16.5 Å². The van der Waals surface area contributed by atoms with Gasteiger partial charge in [0.1, 0.15) is 0 Å². The zero-order chi connectivity index (χ0) is 13.8. The summed E-state index contributed by atoms with van der Waals surface area (Å²) in [7, 11) is 0. The van der Waals surface area contributed by atoms with Gasteiger partial charge in [0.2, 0.25) is 0 Å². The van der Waals surface area contributed by atoms with E-state index < -0.39 is 0 Å². The smallest absolute Gasteiger partial charge is 0.0746 e. The molecule has 0 fully saturated rings. The van der Waals surface area contributed by atoms with Crippen LogP contribution in [0.5, 0.6) is 0 Å². The number of hydrogen-bond donors (Lipinski definition) is 1. The normalized spacial score (nSPS) is 10.8. The molecule has 1 aromatic carbocycles. The number of nitrogens with zero attached hydrogens (tertiary/aromatic N) is 2. The summed E-state index contributed by atoms with van der Waals surface area (Å²) >= 11 is 0. The van der Waals surface area contributed by atoms with E-state index in [0.29, 0.717) is 0 Å². The molecule has 20 heavy (non-hydrogen) atoms. The molecular weight excluding hydrogens is 246 g/mol. The summed E-state index contributed by atoms with van der Waals surface area (Å²) < 4.78 is 0. The summed E-state index contributed by atoms with van der Waals surface area (Å²) in [6.45, 7) is 3.66. The van der Waals surface area contributed by atoms with Gasteiger partial charge in [-0.2, -0.15) is 0 Å². The lowest BCUT2D eigenvalue weighted by Crippen LogP contribution is -2.15. The van der Waals surface area contributed by atoms with Crippen LogP contribution in [0, 0.1) is 6.92 Å². The third-order valence-corrected chi connectivity index (χ3v) is 3.44. The van der Waals surface area contributed by atoms with Crippen LogP contribution in [-0.2, 0) is 13.1 Å². The molecule has 0 amide bonds. The first-order chi connectivity index (χ1) is 9.84. The van der Waals surface area contributed by atoms with Gasteiger partial charge < -0.3 is 5.32 Å². The van der Waals surface area contributed by atoms with E-state index >= 15 is 0 Å². The predicted molar refractivity (Wildman–Crippen MR) is 81.3 cm³/mol. The lowest BCUT2D eigenvalue weighted by atomic mass is 10.1. The van der Waals surface area contributed by atoms with Crippen LogP contribution in [0.1, 0.15) is 16.8 Å². The Labute approximate surface area is 118 Å². The van der Waals surface area contributed by atoms with Crippen molar-refractivity contribution in [2.75, 3.05) is 0 Å². The molecule has 100 valence electrons. The Bertz CT molecular complexity index is 717. The fraction of sp³-hybridized carbons (Fsp3) is 0.176. The van der Waals surface area contributed by atoms with Crippen molar-refractivity contribution in [2.45, 2.75) is 20.0 Å². The van der Waals surface area contributed by atoms with Crippen molar-refractivity contribution < 1.29 is 0 Å². The van der Waals surface area contributed by atoms with Crippen LogP contribution < -0.4 is 5.32 Å². The van der Waals surface area contributed by atoms with Gasteiger partial charge in [-0.3, -0.25) is 9.97 Å². The SMILES string of the molecule is Cc1cccnc1CNCc1cccc2cccnc12. The van der Waals surface area contributed by atoms with Gasteiger partial charge >= 0.3 is 0 Å². The Morgan fingerprint density at radius 3 is 2.60 bits per heavy atom. The van der Waals surface area contributed by atoms with E-state index in [1.807, 2.05) is 24.5 Å². The van der Waals surface area contributed by atoms with Gasteiger partial charge in [0, 0.05) is 30.9 Å². The molecule has 0 saturated carbocycles. The van der Waals surface area contributed by atoms with Crippen LogP contribution in [0.25, 0.3) is 10.9 Å². The molecule has 3 rings (SSSR count). The number of benzene rings is 1. The Kier molecular flexibility index (Phi) is 3.70. The summed E-state index contributed by atoms with van der Waals surface area (Å²) in [5, 5.41) is 4.63. The van der Waals surface area contributed by atoms with Crippen molar-refractivity contribution in [1.82, 2.24) is 15.3 Å². The number of para-hydroxylation sites is 1. The number of nitrogens with one attached hydrogen (secondary N) is 1. The van der Waals surface area contributed by atoms with Crippen molar-refractivity contribution in [3.05, 3.63) is 71.7 Å². The van der Waals surface area contributed by atoms with E-state index in [1.54, 1.807) is 0 Å². The van der Waals surface area contributed by atoms with Crippen molar-refractivity contribution in [3.8, 4) is 0 Å². The van der Waals surface area contributed by atoms with Crippen LogP contribution in [0.15, 0.2) is 54.9 Å². The zero-order valence-corrected chi connectivity index (χ0v) is 11.5. The molecule has 2 heterocycles. The number of aromatic nitrogens is 2. The Morgan fingerprint density at radius 1 is 0.900 bits per heavy atom. The highest BCUT2D eigenvalue weighted by Crippen LogP contribution is 2.15. The quantitative estimate of drug-likeness (QED) is 0.785. The fourth-order valence-corrected chi connectivity index (χ4v) is 2.33. The van der Waals surface area contributed by atoms with E-state index in [9.17, 15) is 0 Å². The second kappa shape index (κ2) is 5.80. The lowest BCUT2D eigenvalue weighted by molar-refractivity contribution is 0.678. The molecule has 1 N–H and O–H groups in total. The summed E-state index contributed by atoms with van der Waals surface area (Å²) in [6.07, 6.45) is 3.68. The fourth-order valence-electron chi connectivity index (χ4n) is 2.33. The average Bonchev–Trinajstić information content (AvgIpc) is 2.49. The molecule has 0 atom stereocenters. The molecule has 0 unspecified atom stereocenters. The predicted octanol–water partition coefficient (Wildman–Crippen LogP) is 3.23. The standard InChI is InChI=1S/C17H17N3/c1-13-5-3-9-19-16(13)12-18-11-15-7-2-6-14-8-4-10-20-17(14)15/h2-10,18H,11-12H2,1H3. The highest BCUT2D eigenvalue weighted by atomic mass is 14.9. The van der Waals surface area contributed by atoms with Crippen molar-refractivity contribution >= 4 is 10.9 Å². The summed E-state index contributed by atoms with van der Waals surface area (Å²) in [5.74, 6) is 0. The van der Waals surface area contributed by atoms with Crippen LogP contribution >= 0.6 is 0 Å². The number of aryl methyl sites for hydroxylation is 1. The van der Waals surface area contributed by atoms with Crippen molar-refractivity contribution in [2.24, 2.45) is 0 Å². The van der Waals surface area contributed by atoms with Gasteiger partial charge in [-0.25, -0.2) is 0 Å². The highest BCUT2D eigenvalue weighted by molar-refractivity contribution is 5.81. The molecule has 0 radical (unpaired) electrons. The van der Waals surface area contributed by atoms with Crippen LogP contribution in [0.2, 0.25) is 0 Å². The van der Waals surface area contributed by atoms with Crippen LogP contribution in [-0.4, -0.2) is 9.97 Å². The first-order valence-corrected chi connectivity index (χ1v) is 6.78. The van der Waals surface area contributed by atoms with E-state index in [2.05, 4.69) is 52.5 Å². The summed E-state index contributed by atoms with van der Waals surface area (Å²) in [4.78, 5) is 8.86. The topological polar surface area (TPSA) is 37.8 Å². The minimum absolute atomic E-state index is 0.774. The third-order valence-electron chi connectivity index (χ3n) is 3.44. The Balaban J connectivity index is 1.73. The van der Waals surface area contributed by atoms with Gasteiger partial charge in [0.25, 0.3) is 0 Å². The Morgan fingerprint density at radius 2 is 1.70 bits per heavy atom. The number of hydrogen-bond acceptors (Lipinski definition) is 3. The van der Waals surface area contributed by atoms with Gasteiger partial charge in [0.05, 0.1) is 11.2 Å². The zero-order valence-electron chi connectivity index (χ0n) is 11.5. The molecule has 3 heteroatoms. The third kappa shape index (κ3) is 2.68. The molecule has 2 aromatic heterocycles. The molecule has 0 saturated heterocycles. The lowest BCUT2D eigenvalue weighted by Gasteiger charge is -2.08. The first kappa shape index (κ1) is 12.8. The van der Waals surface area contributed by atoms with E-state index in [-0.39, 0.29) is 0 Å². The number of rotatable bonds is 4. The molecule has 0 bridgehead atoms. The maximum Gasteiger partial charge on any atom is 0.0746 e. The van der Waals surface area contributed by atoms with Crippen molar-refractivity contribution in [3.63, 3.8) is 0 Å². The van der Waals surface area contributed by atoms with Crippen LogP contribution in [0.4, 0.5) is 0 Å². The Hall–Kier alpha value is -2.26. The summed E-state index contributed by atoms with van der Waals surface area (Å²) in [6, 6.07) is 14.4. The maximum atomic E-state index is 4.47. The molecule has 3 aromatic rings. The van der Waals surface area contributed by atoms with Crippen LogP contribution in [0.3, 0.4) is 0 Å². The summed E-state index contributed by atoms with van der Waals surface area (Å²) in [5.41, 5.74) is 4.61. The van der Waals surface area contributed by atoms with Gasteiger partial charge in [-0.05, 0) is 30.2 Å². The van der Waals surface area contributed by atoms with E-state index in [0.717, 1.165) is 24.3 Å². The maximum absolute atomic E-state index is 4.47. The molecule has 0 aliphatic rings. The van der Waals surface area contributed by atoms with Gasteiger partial charge in [-0.15, -0.1) is 0 Å². The average molecular weight is 263 g/mol. The molecule has 0 aliphatic carbocycles. The highest BCUT2D eigenvalue weighted by Gasteiger charge is 2.02. The largest absolute Gasteiger partial charge is 0.307 e. The molecule has 3 nitrogen and oxygen atoms in total. The van der Waals surface area contributed by atoms with E-state index in [4.69, 9.17) is 0 Å². The minimum Gasteiger partial charge on any atom is -0.307 e. The second-order valence-corrected chi connectivity index (χ2v) is 4.86. The molecule has 0 aliphatic heterocycles. The first-order valence-electron chi connectivity index (χ1n) is 6.78. The number of pyridine rings is 2. The number of fused-ring (bicyclic) bond motifs is 1. The molecule has 0 spiro atoms. The second-order valence-electron chi connectivity index (χ2n) is 4.86. The monoisotopic (exact) mass is 263 g/mol. The van der Waals surface area contributed by atoms with Gasteiger partial charge in [0.15, 0.2) is 0 Å². The van der Waals surface area contributed by atoms with Crippen molar-refractivity contribution in [1.29, 1.82) is 0 Å². The minimum atomic E-state index is 0.774. The van der Waals surface area contributed by atoms with Gasteiger partial charge in [-0.1, -0.05) is 30.3 Å².